The largest absolute Gasteiger partial charge is 0.701 e. The van der Waals surface area contributed by atoms with Crippen LogP contribution in [0.25, 0.3) is 0 Å². The van der Waals surface area contributed by atoms with Gasteiger partial charge in [-0.2, -0.15) is 12.3 Å². The molecule has 1 unspecified atom stereocenters. The van der Waals surface area contributed by atoms with Crippen LogP contribution in [0, 0.1) is 0 Å². The van der Waals surface area contributed by atoms with Gasteiger partial charge in [0, 0.05) is 7.05 Å². The van der Waals surface area contributed by atoms with Crippen LogP contribution in [0.4, 0.5) is 0 Å². The molecule has 0 aromatic heterocycles. The van der Waals surface area contributed by atoms with Crippen LogP contribution in [0.15, 0.2) is 12.4 Å². The molecule has 0 aliphatic carbocycles. The zero-order valence-corrected chi connectivity index (χ0v) is 9.33. The maximum absolute atomic E-state index is 11.1. The first-order chi connectivity index (χ1) is 6.41. The van der Waals surface area contributed by atoms with E-state index >= 15 is 0 Å². The van der Waals surface area contributed by atoms with E-state index in [9.17, 15) is 13.0 Å². The first-order valence-corrected chi connectivity index (χ1v) is 6.00. The highest BCUT2D eigenvalue weighted by Crippen LogP contribution is 2.22. The fourth-order valence-corrected chi connectivity index (χ4v) is 2.41. The second kappa shape index (κ2) is 3.88. The Morgan fingerprint density at radius 1 is 1.57 bits per heavy atom. The predicted molar refractivity (Wildman–Crippen MR) is 51.5 cm³/mol. The lowest BCUT2D eigenvalue weighted by Gasteiger charge is -2.33. The molecule has 1 atom stereocenters. The van der Waals surface area contributed by atoms with Gasteiger partial charge >= 0.3 is 0 Å². The molecule has 0 saturated carbocycles. The van der Waals surface area contributed by atoms with Gasteiger partial charge in [-0.05, 0) is 6.42 Å². The summed E-state index contributed by atoms with van der Waals surface area (Å²) in [4.78, 5) is 1.71. The number of hydrogen-bond donors (Lipinski definition) is 0. The van der Waals surface area contributed by atoms with Crippen LogP contribution in [0.5, 0.6) is 0 Å². The standard InChI is InChI=1S/C8H16N2O3S/c1-3-4-6-10(14(11,12)13)7-5-9(2)8-10/h5,7H,3-4,6,8H2,1-2H3. The third-order valence-corrected chi connectivity index (χ3v) is 3.70. The molecular formula is C8H16N2O3S. The number of nitrogens with zero attached hydrogens (tertiary/aromatic N) is 2. The van der Waals surface area contributed by atoms with Crippen LogP contribution in [0.3, 0.4) is 0 Å². The van der Waals surface area contributed by atoms with E-state index in [0.717, 1.165) is 12.8 Å². The van der Waals surface area contributed by atoms with E-state index in [1.54, 1.807) is 18.1 Å². The third-order valence-electron chi connectivity index (χ3n) is 2.39. The highest BCUT2D eigenvalue weighted by molar-refractivity contribution is 7.80. The lowest BCUT2D eigenvalue weighted by atomic mass is 10.3. The maximum Gasteiger partial charge on any atom is 0.260 e. The molecule has 0 spiro atoms. The summed E-state index contributed by atoms with van der Waals surface area (Å²) in [6, 6.07) is 0. The fourth-order valence-electron chi connectivity index (χ4n) is 1.54. The molecule has 0 saturated heterocycles. The van der Waals surface area contributed by atoms with Crippen molar-refractivity contribution in [1.82, 2.24) is 4.90 Å². The Labute approximate surface area is 85.1 Å². The van der Waals surface area contributed by atoms with Crippen molar-refractivity contribution < 1.29 is 16.9 Å². The lowest BCUT2D eigenvalue weighted by Crippen LogP contribution is -2.49. The summed E-state index contributed by atoms with van der Waals surface area (Å²) < 4.78 is 33.0. The summed E-state index contributed by atoms with van der Waals surface area (Å²) in [5, 5.41) is 0. The summed E-state index contributed by atoms with van der Waals surface area (Å²) in [5.41, 5.74) is 0. The Kier molecular flexibility index (Phi) is 3.18. The van der Waals surface area contributed by atoms with E-state index in [2.05, 4.69) is 0 Å². The molecule has 0 amide bonds. The van der Waals surface area contributed by atoms with Crippen molar-refractivity contribution in [3.63, 3.8) is 0 Å². The van der Waals surface area contributed by atoms with Gasteiger partial charge in [-0.3, -0.25) is 0 Å². The molecular weight excluding hydrogens is 204 g/mol. The van der Waals surface area contributed by atoms with Crippen LogP contribution < -0.4 is 0 Å². The molecule has 6 heteroatoms. The van der Waals surface area contributed by atoms with Gasteiger partial charge in [-0.25, -0.2) is 0 Å². The highest BCUT2D eigenvalue weighted by atomic mass is 32.2. The smallest absolute Gasteiger partial charge is 0.260 e. The van der Waals surface area contributed by atoms with Crippen LogP contribution in [0.2, 0.25) is 0 Å². The van der Waals surface area contributed by atoms with Crippen molar-refractivity contribution in [2.75, 3.05) is 20.3 Å². The second-order valence-electron chi connectivity index (χ2n) is 3.65. The monoisotopic (exact) mass is 220 g/mol. The van der Waals surface area contributed by atoms with E-state index in [4.69, 9.17) is 0 Å². The molecule has 0 radical (unpaired) electrons. The van der Waals surface area contributed by atoms with Crippen molar-refractivity contribution in [2.45, 2.75) is 19.8 Å². The van der Waals surface area contributed by atoms with Gasteiger partial charge in [-0.15, -0.1) is 0 Å². The predicted octanol–water partition coefficient (Wildman–Crippen LogP) is 0.438. The van der Waals surface area contributed by atoms with Crippen LogP contribution in [-0.2, 0) is 10.3 Å². The Bertz CT molecular complexity index is 325. The second-order valence-corrected chi connectivity index (χ2v) is 5.24. The van der Waals surface area contributed by atoms with Gasteiger partial charge in [0.25, 0.3) is 10.3 Å². The molecule has 1 aliphatic rings. The first kappa shape index (κ1) is 11.5. The highest BCUT2D eigenvalue weighted by Gasteiger charge is 2.36. The summed E-state index contributed by atoms with van der Waals surface area (Å²) in [6.45, 7) is 2.56. The Hall–Kier alpha value is -0.590. The Balaban J connectivity index is 2.88. The van der Waals surface area contributed by atoms with Gasteiger partial charge in [0.05, 0.1) is 12.7 Å². The number of hydrogen-bond acceptors (Lipinski definition) is 4. The van der Waals surface area contributed by atoms with Crippen LogP contribution in [0.1, 0.15) is 19.8 Å². The fraction of sp³-hybridized carbons (Fsp3) is 0.750. The average molecular weight is 220 g/mol. The van der Waals surface area contributed by atoms with Gasteiger partial charge in [0.1, 0.15) is 6.20 Å². The maximum atomic E-state index is 11.1. The van der Waals surface area contributed by atoms with Crippen LogP contribution in [-0.4, -0.2) is 42.0 Å². The molecule has 5 nitrogen and oxygen atoms in total. The molecule has 0 bridgehead atoms. The van der Waals surface area contributed by atoms with Gasteiger partial charge in [-0.1, -0.05) is 13.3 Å². The van der Waals surface area contributed by atoms with E-state index in [1.165, 1.54) is 6.20 Å². The minimum absolute atomic E-state index is 0.228. The van der Waals surface area contributed by atoms with Gasteiger partial charge in [0.15, 0.2) is 6.67 Å². The molecule has 1 rings (SSSR count). The zero-order valence-electron chi connectivity index (χ0n) is 8.51. The summed E-state index contributed by atoms with van der Waals surface area (Å²) in [6.07, 6.45) is 4.73. The van der Waals surface area contributed by atoms with Gasteiger partial charge < -0.3 is 9.45 Å². The molecule has 14 heavy (non-hydrogen) atoms. The quantitative estimate of drug-likeness (QED) is 0.509. The number of unbranched alkanes of at least 4 members (excludes halogenated alkanes) is 1. The lowest BCUT2D eigenvalue weighted by molar-refractivity contribution is -0.759. The number of quaternary nitrogens is 1. The molecule has 82 valence electrons. The van der Waals surface area contributed by atoms with Crippen LogP contribution >= 0.6 is 0 Å². The molecule has 0 aromatic rings. The van der Waals surface area contributed by atoms with Gasteiger partial charge in [0.2, 0.25) is 0 Å². The van der Waals surface area contributed by atoms with Crippen molar-refractivity contribution >= 4 is 10.3 Å². The van der Waals surface area contributed by atoms with Crippen molar-refractivity contribution in [3.8, 4) is 0 Å². The topological polar surface area (TPSA) is 60.4 Å². The summed E-state index contributed by atoms with van der Waals surface area (Å²) in [7, 11) is -2.55. The molecule has 0 aromatic carbocycles. The summed E-state index contributed by atoms with van der Waals surface area (Å²) in [5.74, 6) is 0. The first-order valence-electron chi connectivity index (χ1n) is 4.64. The minimum atomic E-state index is -4.31. The SMILES string of the molecule is CCCC[N+]1(S(=O)(=O)[O-])C=CN(C)C1. The molecule has 0 fully saturated rings. The average Bonchev–Trinajstić information content (AvgIpc) is 2.44. The van der Waals surface area contributed by atoms with Crippen molar-refractivity contribution in [3.05, 3.63) is 12.4 Å². The minimum Gasteiger partial charge on any atom is -0.701 e. The van der Waals surface area contributed by atoms with E-state index in [-0.39, 0.29) is 6.67 Å². The third kappa shape index (κ3) is 2.08. The zero-order chi connectivity index (χ0) is 10.8. The van der Waals surface area contributed by atoms with Crippen molar-refractivity contribution in [1.29, 1.82) is 0 Å². The molecule has 1 aliphatic heterocycles. The number of rotatable bonds is 4. The van der Waals surface area contributed by atoms with E-state index < -0.39 is 14.2 Å². The summed E-state index contributed by atoms with van der Waals surface area (Å²) >= 11 is 0. The van der Waals surface area contributed by atoms with E-state index in [0.29, 0.717) is 6.54 Å². The molecule has 0 N–H and O–H groups in total. The van der Waals surface area contributed by atoms with E-state index in [1.807, 2.05) is 6.92 Å². The normalized spacial score (nSPS) is 27.2. The Morgan fingerprint density at radius 3 is 2.57 bits per heavy atom. The molecule has 1 heterocycles. The Morgan fingerprint density at radius 2 is 2.21 bits per heavy atom. The van der Waals surface area contributed by atoms with Crippen molar-refractivity contribution in [2.24, 2.45) is 0 Å².